The van der Waals surface area contributed by atoms with Crippen molar-refractivity contribution in [3.05, 3.63) is 0 Å². The molecule has 0 bridgehead atoms. The molecule has 0 radical (unpaired) electrons. The van der Waals surface area contributed by atoms with E-state index in [1.807, 2.05) is 0 Å². The van der Waals surface area contributed by atoms with Gasteiger partial charge in [0.1, 0.15) is 5.84 Å². The number of nitrogens with one attached hydrogen (secondary N) is 1. The first-order chi connectivity index (χ1) is 8.17. The summed E-state index contributed by atoms with van der Waals surface area (Å²) in [6.07, 6.45) is 5.52. The van der Waals surface area contributed by atoms with Crippen molar-refractivity contribution in [2.45, 2.75) is 51.1 Å². The Labute approximate surface area is 104 Å². The van der Waals surface area contributed by atoms with Crippen molar-refractivity contribution < 1.29 is 5.21 Å². The maximum absolute atomic E-state index is 8.57. The molecule has 0 aromatic carbocycles. The first-order valence-corrected chi connectivity index (χ1v) is 6.57. The summed E-state index contributed by atoms with van der Waals surface area (Å²) in [7, 11) is 2.19. The fourth-order valence-corrected chi connectivity index (χ4v) is 2.36. The molecule has 5 nitrogen and oxygen atoms in total. The summed E-state index contributed by atoms with van der Waals surface area (Å²) >= 11 is 0. The summed E-state index contributed by atoms with van der Waals surface area (Å²) in [6.45, 7) is 4.31. The highest BCUT2D eigenvalue weighted by atomic mass is 16.4. The third-order valence-electron chi connectivity index (χ3n) is 3.64. The Kier molecular flexibility index (Phi) is 6.29. The molecular formula is C12H26N4O. The van der Waals surface area contributed by atoms with Gasteiger partial charge >= 0.3 is 0 Å². The van der Waals surface area contributed by atoms with Crippen LogP contribution in [0.1, 0.15) is 39.0 Å². The third-order valence-corrected chi connectivity index (χ3v) is 3.64. The largest absolute Gasteiger partial charge is 0.409 e. The van der Waals surface area contributed by atoms with Gasteiger partial charge in [0.2, 0.25) is 0 Å². The lowest BCUT2D eigenvalue weighted by molar-refractivity contribution is 0.177. The van der Waals surface area contributed by atoms with Crippen molar-refractivity contribution in [3.63, 3.8) is 0 Å². The van der Waals surface area contributed by atoms with E-state index in [0.29, 0.717) is 24.3 Å². The van der Waals surface area contributed by atoms with E-state index in [1.165, 1.54) is 25.8 Å². The lowest BCUT2D eigenvalue weighted by Crippen LogP contribution is -2.46. The van der Waals surface area contributed by atoms with Gasteiger partial charge in [0.15, 0.2) is 0 Å². The monoisotopic (exact) mass is 242 g/mol. The van der Waals surface area contributed by atoms with Crippen LogP contribution in [0.4, 0.5) is 0 Å². The maximum Gasteiger partial charge on any atom is 0.140 e. The molecule has 4 N–H and O–H groups in total. The number of amidine groups is 1. The average Bonchev–Trinajstić information content (AvgIpc) is 2.35. The molecule has 100 valence electrons. The van der Waals surface area contributed by atoms with E-state index < -0.39 is 0 Å². The molecule has 1 rings (SSSR count). The topological polar surface area (TPSA) is 73.9 Å². The van der Waals surface area contributed by atoms with Crippen molar-refractivity contribution in [1.29, 1.82) is 0 Å². The Hall–Kier alpha value is -0.810. The summed E-state index contributed by atoms with van der Waals surface area (Å²) in [6, 6.07) is 0.936. The van der Waals surface area contributed by atoms with Gasteiger partial charge < -0.3 is 21.2 Å². The smallest absolute Gasteiger partial charge is 0.140 e. The second-order valence-electron chi connectivity index (χ2n) is 4.94. The zero-order chi connectivity index (χ0) is 12.7. The zero-order valence-corrected chi connectivity index (χ0v) is 11.0. The molecule has 17 heavy (non-hydrogen) atoms. The number of piperidine rings is 1. The number of nitrogens with zero attached hydrogens (tertiary/aromatic N) is 2. The van der Waals surface area contributed by atoms with E-state index >= 15 is 0 Å². The van der Waals surface area contributed by atoms with E-state index in [1.54, 1.807) is 0 Å². The minimum atomic E-state index is 0.307. The van der Waals surface area contributed by atoms with Gasteiger partial charge in [0.25, 0.3) is 0 Å². The Morgan fingerprint density at radius 2 is 2.35 bits per heavy atom. The molecule has 1 fully saturated rings. The lowest BCUT2D eigenvalue weighted by Gasteiger charge is -2.33. The van der Waals surface area contributed by atoms with E-state index in [0.717, 1.165) is 13.0 Å². The molecule has 1 aliphatic rings. The molecule has 0 aromatic heterocycles. The number of likely N-dealkylation sites (tertiary alicyclic amines) is 1. The third kappa shape index (κ3) is 4.91. The minimum Gasteiger partial charge on any atom is -0.409 e. The molecule has 2 atom stereocenters. The zero-order valence-electron chi connectivity index (χ0n) is 11.0. The molecule has 1 saturated heterocycles. The number of likely N-dealkylation sites (N-methyl/N-ethyl adjacent to an activating group) is 1. The van der Waals surface area contributed by atoms with E-state index in [9.17, 15) is 0 Å². The highest BCUT2D eigenvalue weighted by molar-refractivity contribution is 5.80. The van der Waals surface area contributed by atoms with E-state index in [4.69, 9.17) is 10.9 Å². The predicted octanol–water partition coefficient (Wildman–Crippen LogP) is 0.975. The molecule has 0 spiro atoms. The Balaban J connectivity index is 2.31. The minimum absolute atomic E-state index is 0.307. The number of hydrogen-bond donors (Lipinski definition) is 3. The molecule has 0 saturated carbocycles. The van der Waals surface area contributed by atoms with E-state index in [2.05, 4.69) is 29.3 Å². The van der Waals surface area contributed by atoms with Crippen molar-refractivity contribution in [1.82, 2.24) is 10.2 Å². The van der Waals surface area contributed by atoms with E-state index in [-0.39, 0.29) is 0 Å². The van der Waals surface area contributed by atoms with Crippen LogP contribution in [0.2, 0.25) is 0 Å². The van der Waals surface area contributed by atoms with Crippen LogP contribution < -0.4 is 11.1 Å². The highest BCUT2D eigenvalue weighted by Gasteiger charge is 2.19. The van der Waals surface area contributed by atoms with Gasteiger partial charge in [-0.25, -0.2) is 0 Å². The number of nitrogens with two attached hydrogens (primary N) is 1. The van der Waals surface area contributed by atoms with Crippen LogP contribution in [-0.4, -0.2) is 48.2 Å². The maximum atomic E-state index is 8.57. The van der Waals surface area contributed by atoms with Crippen LogP contribution in [0.15, 0.2) is 5.16 Å². The molecule has 2 unspecified atom stereocenters. The summed E-state index contributed by atoms with van der Waals surface area (Å²) < 4.78 is 0. The summed E-state index contributed by atoms with van der Waals surface area (Å²) in [4.78, 5) is 2.42. The Bertz CT molecular complexity index is 245. The van der Waals surface area contributed by atoms with Crippen LogP contribution in [0.5, 0.6) is 0 Å². The standard InChI is InChI=1S/C12H26N4O/c1-3-10(8-12(13)15-17)14-9-11-6-4-5-7-16(11)2/h10-11,14,17H,3-9H2,1-2H3,(H2,13,15). The van der Waals surface area contributed by atoms with Gasteiger partial charge in [0.05, 0.1) is 0 Å². The molecule has 1 heterocycles. The first-order valence-electron chi connectivity index (χ1n) is 6.57. The fourth-order valence-electron chi connectivity index (χ4n) is 2.36. The first kappa shape index (κ1) is 14.3. The average molecular weight is 242 g/mol. The fraction of sp³-hybridized carbons (Fsp3) is 0.917. The van der Waals surface area contributed by atoms with Crippen molar-refractivity contribution >= 4 is 5.84 Å². The van der Waals surface area contributed by atoms with Crippen LogP contribution in [0.25, 0.3) is 0 Å². The number of oxime groups is 1. The van der Waals surface area contributed by atoms with Crippen LogP contribution in [0, 0.1) is 0 Å². The summed E-state index contributed by atoms with van der Waals surface area (Å²) in [5, 5.41) is 15.1. The van der Waals surface area contributed by atoms with Crippen molar-refractivity contribution in [2.24, 2.45) is 10.9 Å². The van der Waals surface area contributed by atoms with Crippen LogP contribution in [-0.2, 0) is 0 Å². The molecule has 0 amide bonds. The highest BCUT2D eigenvalue weighted by Crippen LogP contribution is 2.14. The lowest BCUT2D eigenvalue weighted by atomic mass is 10.0. The van der Waals surface area contributed by atoms with Crippen LogP contribution in [0.3, 0.4) is 0 Å². The second kappa shape index (κ2) is 7.50. The Morgan fingerprint density at radius 3 is 2.94 bits per heavy atom. The summed E-state index contributed by atoms with van der Waals surface area (Å²) in [5.74, 6) is 0.307. The molecule has 0 aromatic rings. The molecular weight excluding hydrogens is 216 g/mol. The van der Waals surface area contributed by atoms with Gasteiger partial charge in [-0.15, -0.1) is 0 Å². The molecule has 1 aliphatic heterocycles. The SMILES string of the molecule is CCC(CC(N)=NO)NCC1CCCCN1C. The van der Waals surface area contributed by atoms with Gasteiger partial charge in [-0.05, 0) is 32.9 Å². The van der Waals surface area contributed by atoms with Gasteiger partial charge in [0, 0.05) is 25.0 Å². The van der Waals surface area contributed by atoms with Crippen molar-refractivity contribution in [3.8, 4) is 0 Å². The Morgan fingerprint density at radius 1 is 1.59 bits per heavy atom. The van der Waals surface area contributed by atoms with Gasteiger partial charge in [-0.3, -0.25) is 0 Å². The molecule has 0 aliphatic carbocycles. The predicted molar refractivity (Wildman–Crippen MR) is 70.4 cm³/mol. The van der Waals surface area contributed by atoms with Gasteiger partial charge in [-0.2, -0.15) is 0 Å². The summed E-state index contributed by atoms with van der Waals surface area (Å²) in [5.41, 5.74) is 5.54. The normalized spacial score (nSPS) is 24.8. The molecule has 5 heteroatoms. The number of hydrogen-bond acceptors (Lipinski definition) is 4. The van der Waals surface area contributed by atoms with Gasteiger partial charge in [-0.1, -0.05) is 18.5 Å². The quantitative estimate of drug-likeness (QED) is 0.281. The van der Waals surface area contributed by atoms with Crippen LogP contribution >= 0.6 is 0 Å². The number of rotatable bonds is 6. The van der Waals surface area contributed by atoms with Crippen molar-refractivity contribution in [2.75, 3.05) is 20.1 Å². The second-order valence-corrected chi connectivity index (χ2v) is 4.94.